The largest absolute Gasteiger partial charge is 0.381 e. The molecule has 1 heterocycles. The smallest absolute Gasteiger partial charge is 0.179 e. The van der Waals surface area contributed by atoms with E-state index in [4.69, 9.17) is 10.5 Å². The van der Waals surface area contributed by atoms with E-state index in [0.29, 0.717) is 18.1 Å². The predicted octanol–water partition coefficient (Wildman–Crippen LogP) is 1.44. The number of nitrogens with two attached hydrogens (primary N) is 1. The van der Waals surface area contributed by atoms with Crippen molar-refractivity contribution in [1.29, 1.82) is 0 Å². The molecular formula is C14H21NO3S. The topological polar surface area (TPSA) is 69.4 Å². The minimum absolute atomic E-state index is 0.0104. The fourth-order valence-electron chi connectivity index (χ4n) is 2.28. The highest BCUT2D eigenvalue weighted by Crippen LogP contribution is 2.21. The lowest BCUT2D eigenvalue weighted by Crippen LogP contribution is -2.37. The second-order valence-electron chi connectivity index (χ2n) is 5.32. The van der Waals surface area contributed by atoms with Gasteiger partial charge in [-0.25, -0.2) is 8.42 Å². The third-order valence-electron chi connectivity index (χ3n) is 3.82. The highest BCUT2D eigenvalue weighted by atomic mass is 32.2. The van der Waals surface area contributed by atoms with Gasteiger partial charge in [0.25, 0.3) is 0 Å². The van der Waals surface area contributed by atoms with Crippen LogP contribution in [-0.4, -0.2) is 33.4 Å². The second-order valence-corrected chi connectivity index (χ2v) is 7.35. The fourth-order valence-corrected chi connectivity index (χ4v) is 3.89. The fraction of sp³-hybridized carbons (Fsp3) is 0.571. The quantitative estimate of drug-likeness (QED) is 0.908. The zero-order chi connectivity index (χ0) is 14.0. The summed E-state index contributed by atoms with van der Waals surface area (Å²) in [5.41, 5.74) is 8.09. The lowest BCUT2D eigenvalue weighted by molar-refractivity contribution is 0.182. The molecule has 0 radical (unpaired) electrons. The molecule has 0 bridgehead atoms. The van der Waals surface area contributed by atoms with Gasteiger partial charge in [-0.05, 0) is 43.5 Å². The molecule has 0 aliphatic carbocycles. The summed E-state index contributed by atoms with van der Waals surface area (Å²) in [6, 6.07) is 4.87. The first kappa shape index (κ1) is 14.5. The second kappa shape index (κ2) is 5.61. The van der Waals surface area contributed by atoms with Crippen LogP contribution in [0.4, 0.5) is 0 Å². The van der Waals surface area contributed by atoms with E-state index >= 15 is 0 Å². The molecule has 2 atom stereocenters. The summed E-state index contributed by atoms with van der Waals surface area (Å²) < 4.78 is 29.9. The van der Waals surface area contributed by atoms with Crippen LogP contribution >= 0.6 is 0 Å². The molecule has 0 spiro atoms. The number of hydrogen-bond donors (Lipinski definition) is 1. The normalized spacial score (nSPS) is 21.5. The van der Waals surface area contributed by atoms with E-state index in [1.54, 1.807) is 12.1 Å². The summed E-state index contributed by atoms with van der Waals surface area (Å²) in [5.74, 6) is 0.144. The molecule has 2 rings (SSSR count). The van der Waals surface area contributed by atoms with Crippen LogP contribution in [0.15, 0.2) is 23.1 Å². The number of hydrogen-bond acceptors (Lipinski definition) is 4. The summed E-state index contributed by atoms with van der Waals surface area (Å²) in [6.45, 7) is 5.14. The van der Waals surface area contributed by atoms with Crippen LogP contribution in [0.5, 0.6) is 0 Å². The van der Waals surface area contributed by atoms with E-state index in [0.717, 1.165) is 17.5 Å². The Bertz CT molecular complexity index is 548. The van der Waals surface area contributed by atoms with Gasteiger partial charge in [0, 0.05) is 18.6 Å². The molecule has 1 aromatic carbocycles. The predicted molar refractivity (Wildman–Crippen MR) is 74.9 cm³/mol. The third kappa shape index (κ3) is 3.35. The molecule has 1 fully saturated rings. The molecule has 2 N–H and O–H groups in total. The Morgan fingerprint density at radius 3 is 2.68 bits per heavy atom. The molecule has 4 nitrogen and oxygen atoms in total. The molecule has 0 amide bonds. The van der Waals surface area contributed by atoms with Crippen LogP contribution in [0, 0.1) is 19.8 Å². The van der Waals surface area contributed by atoms with Crippen molar-refractivity contribution in [1.82, 2.24) is 0 Å². The molecule has 0 aromatic heterocycles. The first-order chi connectivity index (χ1) is 8.90. The average molecular weight is 283 g/mol. The summed E-state index contributed by atoms with van der Waals surface area (Å²) in [6.07, 6.45) is 0.851. The molecule has 5 heteroatoms. The van der Waals surface area contributed by atoms with Gasteiger partial charge >= 0.3 is 0 Å². The number of sulfone groups is 1. The first-order valence-corrected chi connectivity index (χ1v) is 8.19. The Labute approximate surface area is 114 Å². The maximum atomic E-state index is 12.3. The summed E-state index contributed by atoms with van der Waals surface area (Å²) >= 11 is 0. The van der Waals surface area contributed by atoms with Crippen molar-refractivity contribution in [3.05, 3.63) is 29.3 Å². The van der Waals surface area contributed by atoms with Crippen LogP contribution < -0.4 is 5.73 Å². The van der Waals surface area contributed by atoms with Gasteiger partial charge in [0.05, 0.1) is 17.3 Å². The molecule has 1 aromatic rings. The van der Waals surface area contributed by atoms with Crippen LogP contribution in [-0.2, 0) is 14.6 Å². The van der Waals surface area contributed by atoms with Gasteiger partial charge in [-0.2, -0.15) is 0 Å². The molecule has 1 saturated heterocycles. The minimum Gasteiger partial charge on any atom is -0.381 e. The Hall–Kier alpha value is -0.910. The number of rotatable bonds is 4. The zero-order valence-corrected chi connectivity index (χ0v) is 12.2. The Morgan fingerprint density at radius 1 is 1.37 bits per heavy atom. The summed E-state index contributed by atoms with van der Waals surface area (Å²) in [5, 5.41) is 0. The van der Waals surface area contributed by atoms with Crippen molar-refractivity contribution in [2.45, 2.75) is 31.2 Å². The van der Waals surface area contributed by atoms with Gasteiger partial charge < -0.3 is 10.5 Å². The van der Waals surface area contributed by atoms with Crippen molar-refractivity contribution in [2.75, 3.05) is 19.0 Å². The Balaban J connectivity index is 2.15. The molecule has 2 unspecified atom stereocenters. The maximum absolute atomic E-state index is 12.3. The van der Waals surface area contributed by atoms with Crippen molar-refractivity contribution in [3.8, 4) is 0 Å². The van der Waals surface area contributed by atoms with E-state index < -0.39 is 9.84 Å². The third-order valence-corrected chi connectivity index (χ3v) is 5.62. The monoisotopic (exact) mass is 283 g/mol. The van der Waals surface area contributed by atoms with E-state index in [1.807, 2.05) is 19.9 Å². The summed E-state index contributed by atoms with van der Waals surface area (Å²) in [4.78, 5) is 0.366. The minimum atomic E-state index is -3.32. The Morgan fingerprint density at radius 2 is 2.11 bits per heavy atom. The van der Waals surface area contributed by atoms with E-state index in [2.05, 4.69) is 0 Å². The van der Waals surface area contributed by atoms with E-state index in [-0.39, 0.29) is 17.7 Å². The van der Waals surface area contributed by atoms with Crippen molar-refractivity contribution in [2.24, 2.45) is 11.7 Å². The molecule has 106 valence electrons. The van der Waals surface area contributed by atoms with Gasteiger partial charge in [0.15, 0.2) is 9.84 Å². The van der Waals surface area contributed by atoms with Crippen LogP contribution in [0.3, 0.4) is 0 Å². The van der Waals surface area contributed by atoms with Gasteiger partial charge in [0.1, 0.15) is 0 Å². The first-order valence-electron chi connectivity index (χ1n) is 6.53. The average Bonchev–Trinajstić information content (AvgIpc) is 2.85. The van der Waals surface area contributed by atoms with Crippen molar-refractivity contribution in [3.63, 3.8) is 0 Å². The number of aryl methyl sites for hydroxylation is 2. The van der Waals surface area contributed by atoms with Crippen molar-refractivity contribution >= 4 is 9.84 Å². The lowest BCUT2D eigenvalue weighted by Gasteiger charge is -2.17. The number of ether oxygens (including phenoxy) is 1. The van der Waals surface area contributed by atoms with Gasteiger partial charge in [0.2, 0.25) is 0 Å². The zero-order valence-electron chi connectivity index (χ0n) is 11.4. The van der Waals surface area contributed by atoms with Crippen molar-refractivity contribution < 1.29 is 13.2 Å². The molecule has 0 saturated carbocycles. The summed E-state index contributed by atoms with van der Waals surface area (Å²) in [7, 11) is -3.32. The number of benzene rings is 1. The van der Waals surface area contributed by atoms with Gasteiger partial charge in [-0.1, -0.05) is 6.07 Å². The molecule has 1 aliphatic rings. The highest BCUT2D eigenvalue weighted by Gasteiger charge is 2.28. The molecule has 1 aliphatic heterocycles. The lowest BCUT2D eigenvalue weighted by atomic mass is 10.0. The SMILES string of the molecule is Cc1ccc(S(=O)(=O)CC(N)C2CCOC2)cc1C. The molecular weight excluding hydrogens is 262 g/mol. The highest BCUT2D eigenvalue weighted by molar-refractivity contribution is 7.91. The maximum Gasteiger partial charge on any atom is 0.179 e. The van der Waals surface area contributed by atoms with Gasteiger partial charge in [-0.15, -0.1) is 0 Å². The van der Waals surface area contributed by atoms with Gasteiger partial charge in [-0.3, -0.25) is 0 Å². The standard InChI is InChI=1S/C14H21NO3S/c1-10-3-4-13(7-11(10)2)19(16,17)9-14(15)12-5-6-18-8-12/h3-4,7,12,14H,5-6,8-9,15H2,1-2H3. The van der Waals surface area contributed by atoms with Crippen LogP contribution in [0.25, 0.3) is 0 Å². The van der Waals surface area contributed by atoms with Crippen LogP contribution in [0.1, 0.15) is 17.5 Å². The van der Waals surface area contributed by atoms with E-state index in [1.165, 1.54) is 0 Å². The van der Waals surface area contributed by atoms with Crippen LogP contribution in [0.2, 0.25) is 0 Å². The molecule has 19 heavy (non-hydrogen) atoms. The van der Waals surface area contributed by atoms with E-state index in [9.17, 15) is 8.42 Å². The Kier molecular flexibility index (Phi) is 4.28.